The molecule has 0 amide bonds. The molecule has 0 spiro atoms. The van der Waals surface area contributed by atoms with Crippen LogP contribution in [0.4, 0.5) is 5.69 Å². The molecule has 0 aliphatic heterocycles. The minimum Gasteiger partial charge on any atom is -0.379 e. The van der Waals surface area contributed by atoms with Crippen LogP contribution in [0.25, 0.3) is 0 Å². The van der Waals surface area contributed by atoms with Crippen LogP contribution >= 0.6 is 0 Å². The van der Waals surface area contributed by atoms with Crippen LogP contribution in [-0.4, -0.2) is 17.6 Å². The highest BCUT2D eigenvalue weighted by molar-refractivity contribution is 5.53. The summed E-state index contributed by atoms with van der Waals surface area (Å²) in [6, 6.07) is 5.96. The summed E-state index contributed by atoms with van der Waals surface area (Å²) in [6.45, 7) is 2.72. The van der Waals surface area contributed by atoms with E-state index in [1.54, 1.807) is 6.20 Å². The Labute approximate surface area is 96.5 Å². The maximum atomic E-state index is 8.90. The molecule has 86 valence electrons. The third-order valence-electron chi connectivity index (χ3n) is 2.46. The van der Waals surface area contributed by atoms with Gasteiger partial charge in [-0.25, -0.2) is 4.98 Å². The zero-order chi connectivity index (χ0) is 11.8. The Balaban J connectivity index is 2.66. The molecule has 0 aliphatic rings. The van der Waals surface area contributed by atoms with Gasteiger partial charge in [-0.3, -0.25) is 0 Å². The predicted molar refractivity (Wildman–Crippen MR) is 64.9 cm³/mol. The van der Waals surface area contributed by atoms with Crippen molar-refractivity contribution in [2.24, 2.45) is 5.73 Å². The van der Waals surface area contributed by atoms with Gasteiger partial charge in [-0.2, -0.15) is 5.26 Å². The first-order chi connectivity index (χ1) is 7.81. The van der Waals surface area contributed by atoms with Crippen LogP contribution < -0.4 is 11.1 Å². The third kappa shape index (κ3) is 3.52. The molecular weight excluding hydrogens is 200 g/mol. The average Bonchev–Trinajstić information content (AvgIpc) is 2.34. The minimum atomic E-state index is 0.219. The summed E-state index contributed by atoms with van der Waals surface area (Å²) in [5, 5.41) is 12.2. The molecule has 0 saturated heterocycles. The summed E-state index contributed by atoms with van der Waals surface area (Å²) >= 11 is 0. The highest BCUT2D eigenvalue weighted by Gasteiger charge is 2.08. The Hall–Kier alpha value is -1.60. The lowest BCUT2D eigenvalue weighted by atomic mass is 10.1. The lowest BCUT2D eigenvalue weighted by molar-refractivity contribution is 0.614. The van der Waals surface area contributed by atoms with Gasteiger partial charge in [-0.05, 0) is 18.6 Å². The number of rotatable bonds is 6. The Kier molecular flexibility index (Phi) is 5.30. The first kappa shape index (κ1) is 12.5. The quantitative estimate of drug-likeness (QED) is 0.764. The molecule has 0 aliphatic carbocycles. The van der Waals surface area contributed by atoms with Gasteiger partial charge in [0.25, 0.3) is 0 Å². The third-order valence-corrected chi connectivity index (χ3v) is 2.46. The fourth-order valence-electron chi connectivity index (χ4n) is 1.53. The Morgan fingerprint density at radius 2 is 2.44 bits per heavy atom. The summed E-state index contributed by atoms with van der Waals surface area (Å²) < 4.78 is 0. The van der Waals surface area contributed by atoms with Crippen molar-refractivity contribution < 1.29 is 0 Å². The van der Waals surface area contributed by atoms with Crippen LogP contribution in [0.15, 0.2) is 18.3 Å². The van der Waals surface area contributed by atoms with Crippen molar-refractivity contribution in [3.8, 4) is 6.07 Å². The van der Waals surface area contributed by atoms with Gasteiger partial charge in [-0.1, -0.05) is 19.8 Å². The standard InChI is InChI=1S/C12H18N4/c1-2-3-5-10(8-13)16-11-6-4-7-15-12(11)9-14/h4,6-7,10,16H,2-3,5,8,13H2,1H3. The summed E-state index contributed by atoms with van der Waals surface area (Å²) in [7, 11) is 0. The number of aromatic nitrogens is 1. The number of nitrogens with one attached hydrogen (secondary N) is 1. The summed E-state index contributed by atoms with van der Waals surface area (Å²) in [4.78, 5) is 4.00. The van der Waals surface area contributed by atoms with Gasteiger partial charge in [0.1, 0.15) is 6.07 Å². The van der Waals surface area contributed by atoms with E-state index in [0.717, 1.165) is 24.9 Å². The zero-order valence-corrected chi connectivity index (χ0v) is 9.61. The van der Waals surface area contributed by atoms with Gasteiger partial charge >= 0.3 is 0 Å². The Morgan fingerprint density at radius 1 is 1.62 bits per heavy atom. The molecule has 0 bridgehead atoms. The van der Waals surface area contributed by atoms with Crippen molar-refractivity contribution in [2.45, 2.75) is 32.2 Å². The number of nitrogens with two attached hydrogens (primary N) is 1. The van der Waals surface area contributed by atoms with Gasteiger partial charge in [0.2, 0.25) is 0 Å². The van der Waals surface area contributed by atoms with Gasteiger partial charge in [0.05, 0.1) is 5.69 Å². The largest absolute Gasteiger partial charge is 0.379 e. The van der Waals surface area contributed by atoms with E-state index in [1.807, 2.05) is 12.1 Å². The number of anilines is 1. The smallest absolute Gasteiger partial charge is 0.163 e. The van der Waals surface area contributed by atoms with E-state index >= 15 is 0 Å². The van der Waals surface area contributed by atoms with Gasteiger partial charge in [0.15, 0.2) is 5.69 Å². The second-order valence-electron chi connectivity index (χ2n) is 3.73. The number of pyridine rings is 1. The van der Waals surface area contributed by atoms with Crippen molar-refractivity contribution in [2.75, 3.05) is 11.9 Å². The van der Waals surface area contributed by atoms with E-state index in [9.17, 15) is 0 Å². The van der Waals surface area contributed by atoms with Crippen LogP contribution in [0, 0.1) is 11.3 Å². The number of nitrogens with zero attached hydrogens (tertiary/aromatic N) is 2. The maximum Gasteiger partial charge on any atom is 0.163 e. The van der Waals surface area contributed by atoms with Crippen molar-refractivity contribution in [3.05, 3.63) is 24.0 Å². The van der Waals surface area contributed by atoms with Crippen LogP contribution in [-0.2, 0) is 0 Å². The Morgan fingerprint density at radius 3 is 3.06 bits per heavy atom. The van der Waals surface area contributed by atoms with Crippen molar-refractivity contribution in [3.63, 3.8) is 0 Å². The Bertz CT molecular complexity index is 356. The summed E-state index contributed by atoms with van der Waals surface area (Å²) in [5.74, 6) is 0. The number of nitriles is 1. The molecule has 0 saturated carbocycles. The highest BCUT2D eigenvalue weighted by Crippen LogP contribution is 2.14. The molecule has 1 rings (SSSR count). The van der Waals surface area contributed by atoms with E-state index in [0.29, 0.717) is 12.2 Å². The molecule has 1 heterocycles. The normalized spacial score (nSPS) is 11.8. The average molecular weight is 218 g/mol. The molecule has 4 nitrogen and oxygen atoms in total. The number of unbranched alkanes of at least 4 members (excludes halogenated alkanes) is 1. The molecular formula is C12H18N4. The van der Waals surface area contributed by atoms with Crippen molar-refractivity contribution >= 4 is 5.69 Å². The molecule has 0 fully saturated rings. The fraction of sp³-hybridized carbons (Fsp3) is 0.500. The summed E-state index contributed by atoms with van der Waals surface area (Å²) in [6.07, 6.45) is 4.92. The first-order valence-corrected chi connectivity index (χ1v) is 5.63. The van der Waals surface area contributed by atoms with E-state index in [4.69, 9.17) is 11.0 Å². The molecule has 1 atom stereocenters. The lowest BCUT2D eigenvalue weighted by Gasteiger charge is -2.18. The molecule has 16 heavy (non-hydrogen) atoms. The molecule has 3 N–H and O–H groups in total. The maximum absolute atomic E-state index is 8.90. The predicted octanol–water partition coefficient (Wildman–Crippen LogP) is 1.88. The van der Waals surface area contributed by atoms with Gasteiger partial charge in [0, 0.05) is 18.8 Å². The highest BCUT2D eigenvalue weighted by atomic mass is 15.0. The van der Waals surface area contributed by atoms with Crippen LogP contribution in [0.2, 0.25) is 0 Å². The van der Waals surface area contributed by atoms with Gasteiger partial charge in [-0.15, -0.1) is 0 Å². The molecule has 1 aromatic heterocycles. The second kappa shape index (κ2) is 6.81. The van der Waals surface area contributed by atoms with E-state index < -0.39 is 0 Å². The van der Waals surface area contributed by atoms with E-state index in [-0.39, 0.29) is 6.04 Å². The van der Waals surface area contributed by atoms with Crippen LogP contribution in [0.3, 0.4) is 0 Å². The lowest BCUT2D eigenvalue weighted by Crippen LogP contribution is -2.29. The minimum absolute atomic E-state index is 0.219. The van der Waals surface area contributed by atoms with E-state index in [1.165, 1.54) is 0 Å². The molecule has 4 heteroatoms. The fourth-order valence-corrected chi connectivity index (χ4v) is 1.53. The monoisotopic (exact) mass is 218 g/mol. The number of hydrogen-bond acceptors (Lipinski definition) is 4. The van der Waals surface area contributed by atoms with Crippen molar-refractivity contribution in [1.82, 2.24) is 4.98 Å². The molecule has 1 unspecified atom stereocenters. The molecule has 0 radical (unpaired) electrons. The molecule has 0 aromatic carbocycles. The van der Waals surface area contributed by atoms with E-state index in [2.05, 4.69) is 23.3 Å². The van der Waals surface area contributed by atoms with Crippen LogP contribution in [0.5, 0.6) is 0 Å². The topological polar surface area (TPSA) is 74.7 Å². The second-order valence-corrected chi connectivity index (χ2v) is 3.73. The molecule has 1 aromatic rings. The van der Waals surface area contributed by atoms with Crippen molar-refractivity contribution in [1.29, 1.82) is 5.26 Å². The SMILES string of the molecule is CCCCC(CN)Nc1cccnc1C#N. The summed E-state index contributed by atoms with van der Waals surface area (Å²) in [5.41, 5.74) is 6.89. The van der Waals surface area contributed by atoms with Gasteiger partial charge < -0.3 is 11.1 Å². The first-order valence-electron chi connectivity index (χ1n) is 5.63. The zero-order valence-electron chi connectivity index (χ0n) is 9.61. The number of hydrogen-bond donors (Lipinski definition) is 2. The van der Waals surface area contributed by atoms with Crippen LogP contribution in [0.1, 0.15) is 31.9 Å².